The van der Waals surface area contributed by atoms with Crippen LogP contribution in [0.15, 0.2) is 15.4 Å². The van der Waals surface area contributed by atoms with Crippen molar-refractivity contribution < 1.29 is 27.2 Å². The zero-order chi connectivity index (χ0) is 19.6. The second-order valence-electron chi connectivity index (χ2n) is 6.90. The maximum absolute atomic E-state index is 12.9. The van der Waals surface area contributed by atoms with Crippen molar-refractivity contribution in [1.82, 2.24) is 9.21 Å². The van der Waals surface area contributed by atoms with Crippen LogP contribution in [0.3, 0.4) is 0 Å². The summed E-state index contributed by atoms with van der Waals surface area (Å²) in [4.78, 5) is 26.6. The van der Waals surface area contributed by atoms with Crippen LogP contribution < -0.4 is 0 Å². The van der Waals surface area contributed by atoms with Gasteiger partial charge in [-0.2, -0.15) is 4.31 Å². The Kier molecular flexibility index (Phi) is 5.90. The van der Waals surface area contributed by atoms with Crippen LogP contribution in [0.4, 0.5) is 0 Å². The van der Waals surface area contributed by atoms with Gasteiger partial charge in [-0.25, -0.2) is 13.2 Å². The van der Waals surface area contributed by atoms with Crippen LogP contribution >= 0.6 is 0 Å². The Labute approximate surface area is 159 Å². The number of carbonyl (C=O) groups excluding carboxylic acids is 2. The quantitative estimate of drug-likeness (QED) is 0.703. The number of sulfonamides is 1. The molecule has 1 unspecified atom stereocenters. The van der Waals surface area contributed by atoms with Crippen molar-refractivity contribution in [2.75, 3.05) is 26.2 Å². The number of esters is 1. The molecule has 0 saturated carbocycles. The summed E-state index contributed by atoms with van der Waals surface area (Å²) >= 11 is 0. The Morgan fingerprint density at radius 3 is 2.52 bits per heavy atom. The van der Waals surface area contributed by atoms with Gasteiger partial charge in [0.05, 0.1) is 6.61 Å². The largest absolute Gasteiger partial charge is 0.464 e. The number of piperidine rings is 1. The average molecular weight is 398 g/mol. The van der Waals surface area contributed by atoms with E-state index in [4.69, 9.17) is 9.15 Å². The molecule has 8 nitrogen and oxygen atoms in total. The van der Waals surface area contributed by atoms with E-state index in [9.17, 15) is 18.0 Å². The maximum atomic E-state index is 12.9. The lowest BCUT2D eigenvalue weighted by atomic mass is 10.0. The van der Waals surface area contributed by atoms with Crippen LogP contribution in [-0.2, 0) is 19.6 Å². The van der Waals surface area contributed by atoms with Crippen molar-refractivity contribution in [1.29, 1.82) is 0 Å². The molecule has 2 aliphatic rings. The van der Waals surface area contributed by atoms with Crippen LogP contribution in [0.2, 0.25) is 0 Å². The summed E-state index contributed by atoms with van der Waals surface area (Å²) in [6.07, 6.45) is 3.80. The van der Waals surface area contributed by atoms with E-state index in [1.165, 1.54) is 15.3 Å². The van der Waals surface area contributed by atoms with Crippen molar-refractivity contribution >= 4 is 21.9 Å². The monoisotopic (exact) mass is 398 g/mol. The van der Waals surface area contributed by atoms with E-state index in [2.05, 4.69) is 0 Å². The summed E-state index contributed by atoms with van der Waals surface area (Å²) in [7, 11) is -3.67. The number of aryl methyl sites for hydroxylation is 1. The molecule has 0 aliphatic carbocycles. The summed E-state index contributed by atoms with van der Waals surface area (Å²) in [6, 6.07) is 0.637. The van der Waals surface area contributed by atoms with Crippen molar-refractivity contribution in [3.05, 3.63) is 17.6 Å². The number of hydrogen-bond acceptors (Lipinski definition) is 6. The lowest BCUT2D eigenvalue weighted by Gasteiger charge is -2.33. The molecule has 2 fully saturated rings. The fourth-order valence-corrected chi connectivity index (χ4v) is 5.37. The Morgan fingerprint density at radius 1 is 1.19 bits per heavy atom. The van der Waals surface area contributed by atoms with Gasteiger partial charge < -0.3 is 14.1 Å². The summed E-state index contributed by atoms with van der Waals surface area (Å²) in [5.41, 5.74) is 0. The molecule has 2 aliphatic heterocycles. The highest BCUT2D eigenvalue weighted by atomic mass is 32.2. The molecule has 0 aromatic carbocycles. The molecule has 1 atom stereocenters. The fourth-order valence-electron chi connectivity index (χ4n) is 3.69. The van der Waals surface area contributed by atoms with Crippen LogP contribution in [0.1, 0.15) is 55.3 Å². The minimum absolute atomic E-state index is 0.0254. The summed E-state index contributed by atoms with van der Waals surface area (Å²) in [5.74, 6) is -0.770. The SMILES string of the molecule is CCOC(=O)C1CCCCN1C(=O)c1cc(S(=O)(=O)N2CCCC2)c(C)o1. The number of hydrogen-bond donors (Lipinski definition) is 0. The minimum atomic E-state index is -3.67. The first-order valence-corrected chi connectivity index (χ1v) is 10.9. The van der Waals surface area contributed by atoms with Crippen LogP contribution in [0, 0.1) is 6.92 Å². The lowest BCUT2D eigenvalue weighted by Crippen LogP contribution is -2.48. The standard InChI is InChI=1S/C18H26N2O6S/c1-3-25-18(22)14-8-4-5-11-20(14)17(21)15-12-16(13(2)26-15)27(23,24)19-9-6-7-10-19/h12,14H,3-11H2,1-2H3. The van der Waals surface area contributed by atoms with Gasteiger partial charge in [-0.1, -0.05) is 0 Å². The molecule has 9 heteroatoms. The highest BCUT2D eigenvalue weighted by molar-refractivity contribution is 7.89. The minimum Gasteiger partial charge on any atom is -0.464 e. The number of rotatable bonds is 5. The van der Waals surface area contributed by atoms with Crippen molar-refractivity contribution in [2.24, 2.45) is 0 Å². The molecule has 0 bridgehead atoms. The third kappa shape index (κ3) is 3.89. The van der Waals surface area contributed by atoms with E-state index in [1.807, 2.05) is 0 Å². The average Bonchev–Trinajstić information content (AvgIpc) is 3.31. The Balaban J connectivity index is 1.85. The van der Waals surface area contributed by atoms with Gasteiger partial charge in [0.15, 0.2) is 5.76 Å². The van der Waals surface area contributed by atoms with Crippen molar-refractivity contribution in [2.45, 2.75) is 56.9 Å². The first-order chi connectivity index (χ1) is 12.9. The topological polar surface area (TPSA) is 97.1 Å². The normalized spacial score (nSPS) is 21.4. The molecule has 2 saturated heterocycles. The summed E-state index contributed by atoms with van der Waals surface area (Å²) < 4.78 is 37.6. The Bertz CT molecular complexity index is 810. The first kappa shape index (κ1) is 19.9. The number of likely N-dealkylation sites (tertiary alicyclic amines) is 1. The molecule has 150 valence electrons. The molecule has 1 aromatic rings. The third-order valence-electron chi connectivity index (χ3n) is 5.09. The van der Waals surface area contributed by atoms with E-state index in [0.717, 1.165) is 25.7 Å². The Hall–Kier alpha value is -1.87. The van der Waals surface area contributed by atoms with Gasteiger partial charge in [-0.05, 0) is 46.0 Å². The van der Waals surface area contributed by atoms with Gasteiger partial charge in [0, 0.05) is 25.7 Å². The van der Waals surface area contributed by atoms with Crippen LogP contribution in [-0.4, -0.2) is 61.8 Å². The molecule has 0 radical (unpaired) electrons. The molecule has 0 spiro atoms. The van der Waals surface area contributed by atoms with Gasteiger partial charge in [-0.3, -0.25) is 4.79 Å². The fraction of sp³-hybridized carbons (Fsp3) is 0.667. The number of ether oxygens (including phenoxy) is 1. The van der Waals surface area contributed by atoms with E-state index in [-0.39, 0.29) is 23.0 Å². The molecule has 0 N–H and O–H groups in total. The number of amides is 1. The molecule has 1 aromatic heterocycles. The number of furan rings is 1. The number of carbonyl (C=O) groups is 2. The predicted molar refractivity (Wildman–Crippen MR) is 96.7 cm³/mol. The third-order valence-corrected chi connectivity index (χ3v) is 7.09. The van der Waals surface area contributed by atoms with Crippen molar-refractivity contribution in [3.8, 4) is 0 Å². The van der Waals surface area contributed by atoms with Gasteiger partial charge in [0.1, 0.15) is 16.7 Å². The number of nitrogens with zero attached hydrogens (tertiary/aromatic N) is 2. The summed E-state index contributed by atoms with van der Waals surface area (Å²) in [6.45, 7) is 4.88. The van der Waals surface area contributed by atoms with E-state index in [0.29, 0.717) is 26.1 Å². The smallest absolute Gasteiger partial charge is 0.328 e. The molecule has 1 amide bonds. The maximum Gasteiger partial charge on any atom is 0.328 e. The molecule has 3 heterocycles. The van der Waals surface area contributed by atoms with Gasteiger partial charge in [-0.15, -0.1) is 0 Å². The molecular weight excluding hydrogens is 372 g/mol. The lowest BCUT2D eigenvalue weighted by molar-refractivity contribution is -0.149. The second kappa shape index (κ2) is 8.02. The van der Waals surface area contributed by atoms with E-state index in [1.54, 1.807) is 13.8 Å². The van der Waals surface area contributed by atoms with Gasteiger partial charge in [0.2, 0.25) is 10.0 Å². The van der Waals surface area contributed by atoms with Gasteiger partial charge >= 0.3 is 5.97 Å². The zero-order valence-corrected chi connectivity index (χ0v) is 16.6. The van der Waals surface area contributed by atoms with E-state index < -0.39 is 27.9 Å². The highest BCUT2D eigenvalue weighted by Gasteiger charge is 2.37. The van der Waals surface area contributed by atoms with Crippen LogP contribution in [0.5, 0.6) is 0 Å². The first-order valence-electron chi connectivity index (χ1n) is 9.44. The van der Waals surface area contributed by atoms with Gasteiger partial charge in [0.25, 0.3) is 5.91 Å². The van der Waals surface area contributed by atoms with E-state index >= 15 is 0 Å². The van der Waals surface area contributed by atoms with Crippen LogP contribution in [0.25, 0.3) is 0 Å². The molecule has 3 rings (SSSR count). The zero-order valence-electron chi connectivity index (χ0n) is 15.8. The molecular formula is C18H26N2O6S. The summed E-state index contributed by atoms with van der Waals surface area (Å²) in [5, 5.41) is 0. The van der Waals surface area contributed by atoms with Crippen molar-refractivity contribution in [3.63, 3.8) is 0 Å². The highest BCUT2D eigenvalue weighted by Crippen LogP contribution is 2.28. The second-order valence-corrected chi connectivity index (χ2v) is 8.81. The predicted octanol–water partition coefficient (Wildman–Crippen LogP) is 1.93. The molecule has 27 heavy (non-hydrogen) atoms. The Morgan fingerprint density at radius 2 is 1.85 bits per heavy atom.